The van der Waals surface area contributed by atoms with Gasteiger partial charge < -0.3 is 5.11 Å². The number of hydrogen-bond donors (Lipinski definition) is 1. The van der Waals surface area contributed by atoms with Gasteiger partial charge in [-0.2, -0.15) is 4.31 Å². The average molecular weight is 334 g/mol. The predicted molar refractivity (Wildman–Crippen MR) is 71.1 cm³/mol. The summed E-state index contributed by atoms with van der Waals surface area (Å²) in [6.45, 7) is 3.61. The fourth-order valence-corrected chi connectivity index (χ4v) is 3.37. The Morgan fingerprint density at radius 2 is 2.17 bits per heavy atom. The van der Waals surface area contributed by atoms with Gasteiger partial charge in [0.15, 0.2) is 0 Å². The van der Waals surface area contributed by atoms with E-state index in [1.54, 1.807) is 0 Å². The number of carboxylic acid groups (broad SMARTS) is 1. The number of sulfonamides is 1. The lowest BCUT2D eigenvalue weighted by Gasteiger charge is -2.16. The van der Waals surface area contributed by atoms with Crippen molar-refractivity contribution >= 4 is 31.9 Å². The number of aromatic carboxylic acids is 1. The summed E-state index contributed by atoms with van der Waals surface area (Å²) < 4.78 is 25.8. The van der Waals surface area contributed by atoms with E-state index in [0.29, 0.717) is 4.47 Å². The number of halogens is 1. The van der Waals surface area contributed by atoms with Crippen molar-refractivity contribution in [2.45, 2.75) is 4.90 Å². The van der Waals surface area contributed by atoms with Crippen LogP contribution in [0.3, 0.4) is 0 Å². The summed E-state index contributed by atoms with van der Waals surface area (Å²) in [5.41, 5.74) is -0.0798. The SMILES string of the molecule is C=CCN(C)S(=O)(=O)c1cc(C(=O)O)ccc1Br. The van der Waals surface area contributed by atoms with Gasteiger partial charge in [-0.05, 0) is 34.1 Å². The van der Waals surface area contributed by atoms with Crippen LogP contribution in [0.2, 0.25) is 0 Å². The van der Waals surface area contributed by atoms with Crippen molar-refractivity contribution in [1.29, 1.82) is 0 Å². The highest BCUT2D eigenvalue weighted by Crippen LogP contribution is 2.25. The van der Waals surface area contributed by atoms with Crippen molar-refractivity contribution in [2.75, 3.05) is 13.6 Å². The number of rotatable bonds is 5. The lowest BCUT2D eigenvalue weighted by molar-refractivity contribution is 0.0696. The summed E-state index contributed by atoms with van der Waals surface area (Å²) in [6.07, 6.45) is 1.45. The highest BCUT2D eigenvalue weighted by molar-refractivity contribution is 9.10. The molecule has 1 rings (SSSR count). The Hall–Kier alpha value is -1.18. The van der Waals surface area contributed by atoms with Gasteiger partial charge in [-0.3, -0.25) is 0 Å². The van der Waals surface area contributed by atoms with Crippen LogP contribution in [0.15, 0.2) is 40.2 Å². The van der Waals surface area contributed by atoms with Gasteiger partial charge in [0, 0.05) is 18.1 Å². The molecule has 1 aromatic carbocycles. The van der Waals surface area contributed by atoms with Crippen LogP contribution >= 0.6 is 15.9 Å². The van der Waals surface area contributed by atoms with Crippen LogP contribution in [-0.4, -0.2) is 37.4 Å². The molecule has 0 aliphatic rings. The summed E-state index contributed by atoms with van der Waals surface area (Å²) >= 11 is 3.11. The third-order valence-electron chi connectivity index (χ3n) is 2.25. The molecule has 0 atom stereocenters. The molecule has 1 N–H and O–H groups in total. The Labute approximate surface area is 114 Å². The number of carboxylic acids is 1. The van der Waals surface area contributed by atoms with E-state index in [4.69, 9.17) is 5.11 Å². The van der Waals surface area contributed by atoms with Crippen LogP contribution in [0.25, 0.3) is 0 Å². The molecule has 5 nitrogen and oxygen atoms in total. The van der Waals surface area contributed by atoms with Gasteiger partial charge in [-0.1, -0.05) is 6.08 Å². The van der Waals surface area contributed by atoms with E-state index in [-0.39, 0.29) is 17.0 Å². The zero-order valence-corrected chi connectivity index (χ0v) is 12.0. The quantitative estimate of drug-likeness (QED) is 0.836. The average Bonchev–Trinajstić information content (AvgIpc) is 2.29. The Balaban J connectivity index is 3.35. The molecule has 1 aromatic rings. The van der Waals surface area contributed by atoms with Gasteiger partial charge in [-0.25, -0.2) is 13.2 Å². The zero-order valence-electron chi connectivity index (χ0n) is 9.63. The minimum Gasteiger partial charge on any atom is -0.478 e. The molecule has 0 aliphatic heterocycles. The molecule has 7 heteroatoms. The molecule has 0 spiro atoms. The molecular weight excluding hydrogens is 322 g/mol. The lowest BCUT2D eigenvalue weighted by Crippen LogP contribution is -2.27. The minimum atomic E-state index is -3.74. The summed E-state index contributed by atoms with van der Waals surface area (Å²) in [4.78, 5) is 10.8. The maximum atomic E-state index is 12.2. The number of hydrogen-bond acceptors (Lipinski definition) is 3. The van der Waals surface area contributed by atoms with Gasteiger partial charge in [-0.15, -0.1) is 6.58 Å². The second-order valence-electron chi connectivity index (χ2n) is 3.52. The first kappa shape index (κ1) is 14.9. The molecule has 0 fully saturated rings. The van der Waals surface area contributed by atoms with Crippen molar-refractivity contribution in [3.8, 4) is 0 Å². The highest BCUT2D eigenvalue weighted by atomic mass is 79.9. The Morgan fingerprint density at radius 3 is 2.67 bits per heavy atom. The maximum absolute atomic E-state index is 12.2. The zero-order chi connectivity index (χ0) is 13.9. The molecule has 0 aliphatic carbocycles. The third-order valence-corrected chi connectivity index (χ3v) is 5.07. The van der Waals surface area contributed by atoms with Crippen molar-refractivity contribution in [2.24, 2.45) is 0 Å². The van der Waals surface area contributed by atoms with Crippen LogP contribution in [0, 0.1) is 0 Å². The van der Waals surface area contributed by atoms with E-state index >= 15 is 0 Å². The van der Waals surface area contributed by atoms with E-state index in [1.165, 1.54) is 25.3 Å². The van der Waals surface area contributed by atoms with Crippen LogP contribution in [-0.2, 0) is 10.0 Å². The first-order chi connectivity index (χ1) is 8.30. The van der Waals surface area contributed by atoms with Gasteiger partial charge in [0.05, 0.1) is 10.5 Å². The van der Waals surface area contributed by atoms with Crippen molar-refractivity contribution in [1.82, 2.24) is 4.31 Å². The van der Waals surface area contributed by atoms with Gasteiger partial charge in [0.25, 0.3) is 0 Å². The fraction of sp³-hybridized carbons (Fsp3) is 0.182. The van der Waals surface area contributed by atoms with Crippen LogP contribution < -0.4 is 0 Å². The molecule has 0 aromatic heterocycles. The topological polar surface area (TPSA) is 74.7 Å². The third kappa shape index (κ3) is 2.98. The first-order valence-corrected chi connectivity index (χ1v) is 7.14. The molecule has 0 unspecified atom stereocenters. The summed E-state index contributed by atoms with van der Waals surface area (Å²) in [5, 5.41) is 8.87. The predicted octanol–water partition coefficient (Wildman–Crippen LogP) is 1.95. The molecule has 0 heterocycles. The Morgan fingerprint density at radius 1 is 1.56 bits per heavy atom. The molecule has 0 saturated carbocycles. The second kappa shape index (κ2) is 5.64. The maximum Gasteiger partial charge on any atom is 0.335 e. The standard InChI is InChI=1S/C11H12BrNO4S/c1-3-6-13(2)18(16,17)10-7-8(11(14)15)4-5-9(10)12/h3-5,7H,1,6H2,2H3,(H,14,15). The van der Waals surface area contributed by atoms with Crippen molar-refractivity contribution < 1.29 is 18.3 Å². The normalized spacial score (nSPS) is 11.5. The molecule has 18 heavy (non-hydrogen) atoms. The summed E-state index contributed by atoms with van der Waals surface area (Å²) in [6, 6.07) is 3.86. The van der Waals surface area contributed by atoms with Crippen molar-refractivity contribution in [3.63, 3.8) is 0 Å². The van der Waals surface area contributed by atoms with Crippen molar-refractivity contribution in [3.05, 3.63) is 40.9 Å². The van der Waals surface area contributed by atoms with Crippen LogP contribution in [0.1, 0.15) is 10.4 Å². The molecule has 98 valence electrons. The van der Waals surface area contributed by atoms with E-state index in [0.717, 1.165) is 10.4 Å². The fourth-order valence-electron chi connectivity index (χ4n) is 1.28. The monoisotopic (exact) mass is 333 g/mol. The first-order valence-electron chi connectivity index (χ1n) is 4.90. The molecular formula is C11H12BrNO4S. The number of benzene rings is 1. The number of nitrogens with zero attached hydrogens (tertiary/aromatic N) is 1. The Kier molecular flexibility index (Phi) is 4.66. The number of likely N-dealkylation sites (N-methyl/N-ethyl adjacent to an activating group) is 1. The van der Waals surface area contributed by atoms with Gasteiger partial charge in [0.2, 0.25) is 10.0 Å². The van der Waals surface area contributed by atoms with E-state index in [2.05, 4.69) is 22.5 Å². The summed E-state index contributed by atoms with van der Waals surface area (Å²) in [5.74, 6) is -1.18. The van der Waals surface area contributed by atoms with Crippen LogP contribution in [0.4, 0.5) is 0 Å². The van der Waals surface area contributed by atoms with Crippen LogP contribution in [0.5, 0.6) is 0 Å². The smallest absolute Gasteiger partial charge is 0.335 e. The highest BCUT2D eigenvalue weighted by Gasteiger charge is 2.23. The largest absolute Gasteiger partial charge is 0.478 e. The Bertz CT molecular complexity index is 583. The minimum absolute atomic E-state index is 0.0771. The summed E-state index contributed by atoms with van der Waals surface area (Å²) in [7, 11) is -2.34. The van der Waals surface area contributed by atoms with Gasteiger partial charge in [0.1, 0.15) is 0 Å². The molecule has 0 bridgehead atoms. The molecule has 0 radical (unpaired) electrons. The lowest BCUT2D eigenvalue weighted by atomic mass is 10.2. The van der Waals surface area contributed by atoms with E-state index in [9.17, 15) is 13.2 Å². The van der Waals surface area contributed by atoms with Gasteiger partial charge >= 0.3 is 5.97 Å². The molecule has 0 amide bonds. The number of carbonyl (C=O) groups is 1. The van der Waals surface area contributed by atoms with E-state index in [1.807, 2.05) is 0 Å². The molecule has 0 saturated heterocycles. The van der Waals surface area contributed by atoms with E-state index < -0.39 is 16.0 Å². The second-order valence-corrected chi connectivity index (χ2v) is 6.39.